The lowest BCUT2D eigenvalue weighted by atomic mass is 9.83. The maximum atomic E-state index is 13.0. The molecule has 0 N–H and O–H groups in total. The Morgan fingerprint density at radius 1 is 0.917 bits per heavy atom. The molecule has 0 saturated carbocycles. The van der Waals surface area contributed by atoms with E-state index in [2.05, 4.69) is 45.1 Å². The van der Waals surface area contributed by atoms with Crippen molar-refractivity contribution in [2.24, 2.45) is 0 Å². The molecule has 3 nitrogen and oxygen atoms in total. The van der Waals surface area contributed by atoms with E-state index in [1.807, 2.05) is 49.1 Å². The second kappa shape index (κ2) is 6.98. The number of halogens is 1. The van der Waals surface area contributed by atoms with E-state index in [4.69, 9.17) is 0 Å². The van der Waals surface area contributed by atoms with Gasteiger partial charge in [-0.1, -0.05) is 46.3 Å². The van der Waals surface area contributed by atoms with Gasteiger partial charge in [0.1, 0.15) is 0 Å². The molecular formula is C20H23BrN2O. The Labute approximate surface area is 152 Å². The zero-order chi connectivity index (χ0) is 17.2. The van der Waals surface area contributed by atoms with Crippen molar-refractivity contribution in [1.82, 2.24) is 4.90 Å². The van der Waals surface area contributed by atoms with Gasteiger partial charge in [-0.05, 0) is 43.7 Å². The standard InChI is InChI=1S/C20H23BrN2O/c1-20(2,16-8-10-17(21)11-9-16)19(24)23-14-12-22(13-15-23)18-6-4-3-5-7-18/h3-11H,12-15H2,1-2H3. The lowest BCUT2D eigenvalue weighted by Crippen LogP contribution is -2.53. The molecule has 0 aliphatic carbocycles. The Kier molecular flexibility index (Phi) is 4.95. The summed E-state index contributed by atoms with van der Waals surface area (Å²) in [5, 5.41) is 0. The van der Waals surface area contributed by atoms with Crippen molar-refractivity contribution in [3.05, 3.63) is 64.6 Å². The fourth-order valence-corrected chi connectivity index (χ4v) is 3.46. The third-order valence-corrected chi connectivity index (χ3v) is 5.32. The number of anilines is 1. The molecular weight excluding hydrogens is 364 g/mol. The van der Waals surface area contributed by atoms with Crippen LogP contribution in [-0.4, -0.2) is 37.0 Å². The molecule has 24 heavy (non-hydrogen) atoms. The van der Waals surface area contributed by atoms with Gasteiger partial charge in [-0.3, -0.25) is 4.79 Å². The van der Waals surface area contributed by atoms with Gasteiger partial charge in [0.15, 0.2) is 0 Å². The van der Waals surface area contributed by atoms with Crippen molar-refractivity contribution in [3.8, 4) is 0 Å². The first-order valence-electron chi connectivity index (χ1n) is 8.34. The van der Waals surface area contributed by atoms with E-state index in [0.717, 1.165) is 36.2 Å². The van der Waals surface area contributed by atoms with Crippen LogP contribution in [0.25, 0.3) is 0 Å². The Morgan fingerprint density at radius 3 is 2.08 bits per heavy atom. The normalized spacial score (nSPS) is 15.5. The highest BCUT2D eigenvalue weighted by Crippen LogP contribution is 2.28. The number of para-hydroxylation sites is 1. The van der Waals surface area contributed by atoms with Crippen molar-refractivity contribution in [1.29, 1.82) is 0 Å². The van der Waals surface area contributed by atoms with Crippen molar-refractivity contribution in [2.75, 3.05) is 31.1 Å². The second-order valence-corrected chi connectivity index (χ2v) is 7.66. The first-order chi connectivity index (χ1) is 11.5. The van der Waals surface area contributed by atoms with Gasteiger partial charge >= 0.3 is 0 Å². The molecule has 3 rings (SSSR count). The van der Waals surface area contributed by atoms with Crippen LogP contribution in [0, 0.1) is 0 Å². The van der Waals surface area contributed by atoms with Gasteiger partial charge in [0.05, 0.1) is 5.41 Å². The fraction of sp³-hybridized carbons (Fsp3) is 0.350. The summed E-state index contributed by atoms with van der Waals surface area (Å²) < 4.78 is 1.03. The van der Waals surface area contributed by atoms with Crippen molar-refractivity contribution in [3.63, 3.8) is 0 Å². The minimum atomic E-state index is -0.504. The molecule has 1 amide bonds. The summed E-state index contributed by atoms with van der Waals surface area (Å²) in [4.78, 5) is 17.4. The summed E-state index contributed by atoms with van der Waals surface area (Å²) in [7, 11) is 0. The molecule has 0 spiro atoms. The SMILES string of the molecule is CC(C)(C(=O)N1CCN(c2ccccc2)CC1)c1ccc(Br)cc1. The number of rotatable bonds is 3. The van der Waals surface area contributed by atoms with Gasteiger partial charge in [-0.2, -0.15) is 0 Å². The topological polar surface area (TPSA) is 23.6 Å². The summed E-state index contributed by atoms with van der Waals surface area (Å²) in [5.74, 6) is 0.206. The zero-order valence-corrected chi connectivity index (χ0v) is 15.8. The average Bonchev–Trinajstić information content (AvgIpc) is 2.62. The molecule has 0 bridgehead atoms. The molecule has 1 saturated heterocycles. The van der Waals surface area contributed by atoms with Crippen LogP contribution in [0.4, 0.5) is 5.69 Å². The summed E-state index contributed by atoms with van der Waals surface area (Å²) >= 11 is 3.45. The number of benzene rings is 2. The molecule has 2 aromatic rings. The molecule has 0 aromatic heterocycles. The van der Waals surface area contributed by atoms with Gasteiger partial charge in [-0.15, -0.1) is 0 Å². The van der Waals surface area contributed by atoms with Crippen molar-refractivity contribution in [2.45, 2.75) is 19.3 Å². The van der Waals surface area contributed by atoms with E-state index < -0.39 is 5.41 Å². The van der Waals surface area contributed by atoms with Crippen LogP contribution in [0.2, 0.25) is 0 Å². The summed E-state index contributed by atoms with van der Waals surface area (Å²) in [6.45, 7) is 7.34. The van der Waals surface area contributed by atoms with Crippen molar-refractivity contribution < 1.29 is 4.79 Å². The van der Waals surface area contributed by atoms with E-state index in [0.29, 0.717) is 0 Å². The molecule has 0 atom stereocenters. The van der Waals surface area contributed by atoms with E-state index in [1.165, 1.54) is 5.69 Å². The summed E-state index contributed by atoms with van der Waals surface area (Å²) in [5.41, 5.74) is 1.79. The number of amides is 1. The molecule has 1 aliphatic rings. The maximum absolute atomic E-state index is 13.0. The highest BCUT2D eigenvalue weighted by Gasteiger charge is 2.35. The van der Waals surface area contributed by atoms with Crippen LogP contribution in [0.5, 0.6) is 0 Å². The number of hydrogen-bond acceptors (Lipinski definition) is 2. The minimum Gasteiger partial charge on any atom is -0.368 e. The Hall–Kier alpha value is -1.81. The zero-order valence-electron chi connectivity index (χ0n) is 14.2. The highest BCUT2D eigenvalue weighted by molar-refractivity contribution is 9.10. The smallest absolute Gasteiger partial charge is 0.232 e. The van der Waals surface area contributed by atoms with Gasteiger partial charge in [0.25, 0.3) is 0 Å². The van der Waals surface area contributed by atoms with Gasteiger partial charge in [0, 0.05) is 36.3 Å². The van der Waals surface area contributed by atoms with Crippen LogP contribution in [0.1, 0.15) is 19.4 Å². The van der Waals surface area contributed by atoms with E-state index in [1.54, 1.807) is 0 Å². The highest BCUT2D eigenvalue weighted by atomic mass is 79.9. The number of carbonyl (C=O) groups excluding carboxylic acids is 1. The van der Waals surface area contributed by atoms with Crippen LogP contribution < -0.4 is 4.90 Å². The molecule has 0 unspecified atom stereocenters. The second-order valence-electron chi connectivity index (χ2n) is 6.75. The fourth-order valence-electron chi connectivity index (χ4n) is 3.19. The molecule has 1 heterocycles. The first kappa shape index (κ1) is 17.0. The number of piperazine rings is 1. The summed E-state index contributed by atoms with van der Waals surface area (Å²) in [6.07, 6.45) is 0. The number of hydrogen-bond donors (Lipinski definition) is 0. The molecule has 4 heteroatoms. The lowest BCUT2D eigenvalue weighted by Gasteiger charge is -2.39. The van der Waals surface area contributed by atoms with E-state index in [-0.39, 0.29) is 5.91 Å². The monoisotopic (exact) mass is 386 g/mol. The molecule has 1 fully saturated rings. The Morgan fingerprint density at radius 2 is 1.50 bits per heavy atom. The largest absolute Gasteiger partial charge is 0.368 e. The summed E-state index contributed by atoms with van der Waals surface area (Å²) in [6, 6.07) is 18.5. The average molecular weight is 387 g/mol. The lowest BCUT2D eigenvalue weighted by molar-refractivity contribution is -0.136. The predicted octanol–water partition coefficient (Wildman–Crippen LogP) is 4.08. The van der Waals surface area contributed by atoms with E-state index >= 15 is 0 Å². The van der Waals surface area contributed by atoms with Crippen molar-refractivity contribution >= 4 is 27.5 Å². The molecule has 1 aliphatic heterocycles. The van der Waals surface area contributed by atoms with Crippen LogP contribution in [-0.2, 0) is 10.2 Å². The Balaban J connectivity index is 1.67. The molecule has 126 valence electrons. The van der Waals surface area contributed by atoms with Gasteiger partial charge in [0.2, 0.25) is 5.91 Å². The van der Waals surface area contributed by atoms with Gasteiger partial charge in [-0.25, -0.2) is 0 Å². The minimum absolute atomic E-state index is 0.206. The maximum Gasteiger partial charge on any atom is 0.232 e. The quantitative estimate of drug-likeness (QED) is 0.793. The molecule has 0 radical (unpaired) electrons. The number of nitrogens with zero attached hydrogens (tertiary/aromatic N) is 2. The number of carbonyl (C=O) groups is 1. The van der Waals surface area contributed by atoms with Crippen LogP contribution in [0.15, 0.2) is 59.1 Å². The predicted molar refractivity (Wildman–Crippen MR) is 102 cm³/mol. The molecule has 2 aromatic carbocycles. The van der Waals surface area contributed by atoms with Gasteiger partial charge < -0.3 is 9.80 Å². The Bertz CT molecular complexity index is 689. The third-order valence-electron chi connectivity index (χ3n) is 4.79. The first-order valence-corrected chi connectivity index (χ1v) is 9.13. The third kappa shape index (κ3) is 3.48. The van der Waals surface area contributed by atoms with Crippen LogP contribution >= 0.6 is 15.9 Å². The van der Waals surface area contributed by atoms with Crippen LogP contribution in [0.3, 0.4) is 0 Å². The van der Waals surface area contributed by atoms with E-state index in [9.17, 15) is 4.79 Å².